The predicted molar refractivity (Wildman–Crippen MR) is 46.6 cm³/mol. The van der Waals surface area contributed by atoms with Crippen molar-refractivity contribution in [3.8, 4) is 0 Å². The lowest BCUT2D eigenvalue weighted by Gasteiger charge is -2.28. The molecule has 2 rings (SSSR count). The van der Waals surface area contributed by atoms with Crippen molar-refractivity contribution in [2.24, 2.45) is 5.92 Å². The fraction of sp³-hybridized carbons (Fsp3) is 0.875. The highest BCUT2D eigenvalue weighted by Gasteiger charge is 2.38. The van der Waals surface area contributed by atoms with E-state index in [1.165, 1.54) is 19.3 Å². The number of nitrogens with one attached hydrogen (secondary N) is 1. The molecule has 1 saturated carbocycles. The quantitative estimate of drug-likeness (QED) is 0.612. The molecule has 0 spiro atoms. The zero-order valence-electron chi connectivity index (χ0n) is 6.35. The zero-order valence-corrected chi connectivity index (χ0v) is 7.93. The Kier molecular flexibility index (Phi) is 1.91. The molecule has 2 aliphatic rings. The van der Waals surface area contributed by atoms with Crippen LogP contribution in [0.1, 0.15) is 25.7 Å². The average molecular weight is 218 g/mol. The molecule has 0 aromatic carbocycles. The summed E-state index contributed by atoms with van der Waals surface area (Å²) in [6.45, 7) is 0. The van der Waals surface area contributed by atoms with Gasteiger partial charge in [-0.3, -0.25) is 4.79 Å². The van der Waals surface area contributed by atoms with Crippen LogP contribution in [0.3, 0.4) is 0 Å². The molecule has 2 nitrogen and oxygen atoms in total. The average Bonchev–Trinajstić information content (AvgIpc) is 2.31. The van der Waals surface area contributed by atoms with Crippen molar-refractivity contribution < 1.29 is 4.79 Å². The molecule has 62 valence electrons. The van der Waals surface area contributed by atoms with Crippen LogP contribution in [0.5, 0.6) is 0 Å². The van der Waals surface area contributed by atoms with E-state index in [-0.39, 0.29) is 5.91 Å². The fourth-order valence-electron chi connectivity index (χ4n) is 2.14. The molecule has 1 N–H and O–H groups in total. The summed E-state index contributed by atoms with van der Waals surface area (Å²) >= 11 is 3.63. The summed E-state index contributed by atoms with van der Waals surface area (Å²) in [6, 6.07) is 0.473. The SMILES string of the molecule is O=C1CC2C(Br)CCCC2N1. The molecule has 3 atom stereocenters. The molecule has 0 aromatic rings. The summed E-state index contributed by atoms with van der Waals surface area (Å²) in [5.41, 5.74) is 0. The van der Waals surface area contributed by atoms with Crippen molar-refractivity contribution in [1.29, 1.82) is 0 Å². The van der Waals surface area contributed by atoms with E-state index in [1.807, 2.05) is 0 Å². The van der Waals surface area contributed by atoms with E-state index in [9.17, 15) is 4.79 Å². The molecule has 0 aromatic heterocycles. The molecule has 3 unspecified atom stereocenters. The minimum Gasteiger partial charge on any atom is -0.353 e. The fourth-order valence-corrected chi connectivity index (χ4v) is 3.02. The standard InChI is InChI=1S/C8H12BrNO/c9-6-2-1-3-7-5(6)4-8(11)10-7/h5-7H,1-4H2,(H,10,11). The highest BCUT2D eigenvalue weighted by molar-refractivity contribution is 9.09. The van der Waals surface area contributed by atoms with Gasteiger partial charge in [0.2, 0.25) is 5.91 Å². The van der Waals surface area contributed by atoms with E-state index in [0.29, 0.717) is 16.8 Å². The number of carbonyl (C=O) groups is 1. The number of amides is 1. The maximum atomic E-state index is 11.0. The zero-order chi connectivity index (χ0) is 7.84. The van der Waals surface area contributed by atoms with E-state index < -0.39 is 0 Å². The maximum Gasteiger partial charge on any atom is 0.220 e. The number of hydrogen-bond donors (Lipinski definition) is 1. The molecular weight excluding hydrogens is 206 g/mol. The Hall–Kier alpha value is -0.0500. The van der Waals surface area contributed by atoms with Gasteiger partial charge in [0.15, 0.2) is 0 Å². The third-order valence-electron chi connectivity index (χ3n) is 2.74. The van der Waals surface area contributed by atoms with Gasteiger partial charge in [0.1, 0.15) is 0 Å². The first-order valence-corrected chi connectivity index (χ1v) is 5.12. The Bertz CT molecular complexity index is 183. The van der Waals surface area contributed by atoms with Crippen LogP contribution in [-0.4, -0.2) is 16.8 Å². The molecule has 0 bridgehead atoms. The molecule has 2 fully saturated rings. The van der Waals surface area contributed by atoms with E-state index in [4.69, 9.17) is 0 Å². The monoisotopic (exact) mass is 217 g/mol. The number of hydrogen-bond acceptors (Lipinski definition) is 1. The van der Waals surface area contributed by atoms with Crippen LogP contribution in [0.25, 0.3) is 0 Å². The van der Waals surface area contributed by atoms with Crippen molar-refractivity contribution in [2.75, 3.05) is 0 Å². The molecule has 1 aliphatic carbocycles. The summed E-state index contributed by atoms with van der Waals surface area (Å²) in [6.07, 6.45) is 4.40. The van der Waals surface area contributed by atoms with E-state index >= 15 is 0 Å². The Labute approximate surface area is 74.9 Å². The van der Waals surface area contributed by atoms with Gasteiger partial charge in [-0.2, -0.15) is 0 Å². The summed E-state index contributed by atoms with van der Waals surface area (Å²) in [7, 11) is 0. The summed E-state index contributed by atoms with van der Waals surface area (Å²) < 4.78 is 0. The molecule has 1 saturated heterocycles. The highest BCUT2D eigenvalue weighted by Crippen LogP contribution is 2.35. The summed E-state index contributed by atoms with van der Waals surface area (Å²) in [4.78, 5) is 11.6. The first-order chi connectivity index (χ1) is 5.27. The number of alkyl halides is 1. The lowest BCUT2D eigenvalue weighted by molar-refractivity contribution is -0.119. The predicted octanol–water partition coefficient (Wildman–Crippen LogP) is 1.44. The van der Waals surface area contributed by atoms with Gasteiger partial charge >= 0.3 is 0 Å². The van der Waals surface area contributed by atoms with Gasteiger partial charge in [-0.05, 0) is 12.8 Å². The van der Waals surface area contributed by atoms with Crippen molar-refractivity contribution in [3.63, 3.8) is 0 Å². The topological polar surface area (TPSA) is 29.1 Å². The first kappa shape index (κ1) is 7.59. The highest BCUT2D eigenvalue weighted by atomic mass is 79.9. The van der Waals surface area contributed by atoms with Gasteiger partial charge in [-0.1, -0.05) is 22.4 Å². The molecular formula is C8H12BrNO. The summed E-state index contributed by atoms with van der Waals surface area (Å²) in [5.74, 6) is 0.808. The Morgan fingerprint density at radius 2 is 2.27 bits per heavy atom. The Morgan fingerprint density at radius 1 is 1.45 bits per heavy atom. The van der Waals surface area contributed by atoms with Crippen LogP contribution in [-0.2, 0) is 4.79 Å². The Balaban J connectivity index is 2.09. The largest absolute Gasteiger partial charge is 0.353 e. The van der Waals surface area contributed by atoms with Crippen LogP contribution >= 0.6 is 15.9 Å². The first-order valence-electron chi connectivity index (χ1n) is 4.21. The molecule has 1 heterocycles. The normalized spacial score (nSPS) is 43.4. The van der Waals surface area contributed by atoms with Crippen LogP contribution in [0.2, 0.25) is 0 Å². The second-order valence-corrected chi connectivity index (χ2v) is 4.67. The van der Waals surface area contributed by atoms with Crippen LogP contribution in [0.4, 0.5) is 0 Å². The lowest BCUT2D eigenvalue weighted by atomic mass is 9.85. The van der Waals surface area contributed by atoms with Gasteiger partial charge < -0.3 is 5.32 Å². The second-order valence-electron chi connectivity index (χ2n) is 3.49. The van der Waals surface area contributed by atoms with Gasteiger partial charge in [0.25, 0.3) is 0 Å². The van der Waals surface area contributed by atoms with Gasteiger partial charge in [0, 0.05) is 23.2 Å². The van der Waals surface area contributed by atoms with E-state index in [1.54, 1.807) is 0 Å². The summed E-state index contributed by atoms with van der Waals surface area (Å²) in [5, 5.41) is 3.02. The van der Waals surface area contributed by atoms with Gasteiger partial charge in [0.05, 0.1) is 0 Å². The smallest absolute Gasteiger partial charge is 0.220 e. The number of rotatable bonds is 0. The molecule has 11 heavy (non-hydrogen) atoms. The molecule has 0 radical (unpaired) electrons. The third kappa shape index (κ3) is 1.31. The van der Waals surface area contributed by atoms with Gasteiger partial charge in [-0.15, -0.1) is 0 Å². The maximum absolute atomic E-state index is 11.0. The van der Waals surface area contributed by atoms with E-state index in [0.717, 1.165) is 6.42 Å². The van der Waals surface area contributed by atoms with Crippen LogP contribution < -0.4 is 5.32 Å². The molecule has 1 aliphatic heterocycles. The van der Waals surface area contributed by atoms with Crippen molar-refractivity contribution >= 4 is 21.8 Å². The van der Waals surface area contributed by atoms with Crippen molar-refractivity contribution in [2.45, 2.75) is 36.6 Å². The number of fused-ring (bicyclic) bond motifs is 1. The minimum absolute atomic E-state index is 0.242. The lowest BCUT2D eigenvalue weighted by Crippen LogP contribution is -2.35. The van der Waals surface area contributed by atoms with Crippen molar-refractivity contribution in [1.82, 2.24) is 5.32 Å². The molecule has 1 amide bonds. The van der Waals surface area contributed by atoms with Crippen LogP contribution in [0, 0.1) is 5.92 Å². The number of halogens is 1. The van der Waals surface area contributed by atoms with E-state index in [2.05, 4.69) is 21.2 Å². The van der Waals surface area contributed by atoms with Gasteiger partial charge in [-0.25, -0.2) is 0 Å². The second kappa shape index (κ2) is 2.77. The number of carbonyl (C=O) groups excluding carboxylic acids is 1. The minimum atomic E-state index is 0.242. The third-order valence-corrected chi connectivity index (χ3v) is 3.88. The Morgan fingerprint density at radius 3 is 3.00 bits per heavy atom. The van der Waals surface area contributed by atoms with Crippen molar-refractivity contribution in [3.05, 3.63) is 0 Å². The molecule has 3 heteroatoms. The van der Waals surface area contributed by atoms with Crippen LogP contribution in [0.15, 0.2) is 0 Å².